The standard InChI is InChI=1S/C7H8O3S.C5H8N2/c1-6-2-4-7(5-3-6)11(8,9)10;1-5-6-3-4-7(5)2/h2-5H,1H3,(H,8,9,10);3-4H,1-2H3. The molecule has 1 N–H and O–H groups in total. The lowest BCUT2D eigenvalue weighted by Crippen LogP contribution is -1.96. The van der Waals surface area contributed by atoms with Gasteiger partial charge in [0.2, 0.25) is 0 Å². The first-order valence-corrected chi connectivity index (χ1v) is 6.73. The Morgan fingerprint density at radius 1 is 1.17 bits per heavy atom. The third-order valence-corrected chi connectivity index (χ3v) is 3.25. The quantitative estimate of drug-likeness (QED) is 0.803. The molecule has 1 aromatic heterocycles. The first-order chi connectivity index (χ1) is 8.30. The summed E-state index contributed by atoms with van der Waals surface area (Å²) in [6.45, 7) is 3.81. The molecular formula is C12H16N2O3S. The molecule has 5 nitrogen and oxygen atoms in total. The van der Waals surface area contributed by atoms with E-state index < -0.39 is 10.1 Å². The van der Waals surface area contributed by atoms with Crippen molar-refractivity contribution in [1.82, 2.24) is 9.55 Å². The number of aryl methyl sites for hydroxylation is 3. The lowest BCUT2D eigenvalue weighted by Gasteiger charge is -1.95. The number of imidazole rings is 1. The van der Waals surface area contributed by atoms with Crippen LogP contribution in [0.25, 0.3) is 0 Å². The molecule has 0 fully saturated rings. The van der Waals surface area contributed by atoms with Crippen molar-refractivity contribution < 1.29 is 13.0 Å². The van der Waals surface area contributed by atoms with Gasteiger partial charge in [0, 0.05) is 19.4 Å². The van der Waals surface area contributed by atoms with Gasteiger partial charge in [0.25, 0.3) is 10.1 Å². The Hall–Kier alpha value is -1.66. The normalized spacial score (nSPS) is 10.7. The fraction of sp³-hybridized carbons (Fsp3) is 0.250. The summed E-state index contributed by atoms with van der Waals surface area (Å²) < 4.78 is 31.5. The molecule has 1 heterocycles. The Morgan fingerprint density at radius 2 is 1.72 bits per heavy atom. The maximum Gasteiger partial charge on any atom is 0.294 e. The van der Waals surface area contributed by atoms with E-state index in [1.807, 2.05) is 31.7 Å². The van der Waals surface area contributed by atoms with Gasteiger partial charge in [-0.1, -0.05) is 17.7 Å². The summed E-state index contributed by atoms with van der Waals surface area (Å²) in [5, 5.41) is 0. The Balaban J connectivity index is 0.000000199. The van der Waals surface area contributed by atoms with Crippen LogP contribution in [0.5, 0.6) is 0 Å². The van der Waals surface area contributed by atoms with Gasteiger partial charge in [-0.3, -0.25) is 4.55 Å². The van der Waals surface area contributed by atoms with Crippen LogP contribution in [0.3, 0.4) is 0 Å². The number of aromatic nitrogens is 2. The fourth-order valence-corrected chi connectivity index (χ4v) is 1.63. The van der Waals surface area contributed by atoms with Gasteiger partial charge < -0.3 is 4.57 Å². The zero-order valence-electron chi connectivity index (χ0n) is 10.5. The average molecular weight is 268 g/mol. The van der Waals surface area contributed by atoms with E-state index in [2.05, 4.69) is 4.98 Å². The highest BCUT2D eigenvalue weighted by molar-refractivity contribution is 7.85. The molecule has 0 atom stereocenters. The highest BCUT2D eigenvalue weighted by Gasteiger charge is 2.06. The van der Waals surface area contributed by atoms with Crippen molar-refractivity contribution in [3.8, 4) is 0 Å². The maximum absolute atomic E-state index is 10.5. The Morgan fingerprint density at radius 3 is 2.00 bits per heavy atom. The second-order valence-corrected chi connectivity index (χ2v) is 5.30. The van der Waals surface area contributed by atoms with E-state index in [9.17, 15) is 8.42 Å². The molecule has 1 aromatic carbocycles. The second-order valence-electron chi connectivity index (χ2n) is 3.87. The van der Waals surface area contributed by atoms with E-state index in [4.69, 9.17) is 4.55 Å². The van der Waals surface area contributed by atoms with E-state index >= 15 is 0 Å². The Kier molecular flexibility index (Phi) is 4.63. The highest BCUT2D eigenvalue weighted by Crippen LogP contribution is 2.08. The van der Waals surface area contributed by atoms with Gasteiger partial charge in [0.1, 0.15) is 5.82 Å². The molecule has 0 bridgehead atoms. The van der Waals surface area contributed by atoms with Crippen molar-refractivity contribution in [2.45, 2.75) is 18.7 Å². The summed E-state index contributed by atoms with van der Waals surface area (Å²) in [5.41, 5.74) is 0.956. The van der Waals surface area contributed by atoms with Crippen molar-refractivity contribution in [3.05, 3.63) is 48.0 Å². The second kappa shape index (κ2) is 5.79. The van der Waals surface area contributed by atoms with Crippen molar-refractivity contribution in [2.75, 3.05) is 0 Å². The number of nitrogens with zero attached hydrogens (tertiary/aromatic N) is 2. The summed E-state index contributed by atoms with van der Waals surface area (Å²) in [4.78, 5) is 3.91. The van der Waals surface area contributed by atoms with Gasteiger partial charge in [-0.25, -0.2) is 4.98 Å². The third-order valence-electron chi connectivity index (χ3n) is 2.38. The molecule has 18 heavy (non-hydrogen) atoms. The van der Waals surface area contributed by atoms with Gasteiger partial charge in [0.05, 0.1) is 4.90 Å². The molecule has 0 aliphatic rings. The number of rotatable bonds is 1. The molecule has 98 valence electrons. The van der Waals surface area contributed by atoms with Gasteiger partial charge in [-0.15, -0.1) is 0 Å². The summed E-state index contributed by atoms with van der Waals surface area (Å²) in [7, 11) is -2.05. The minimum Gasteiger partial charge on any atom is -0.338 e. The van der Waals surface area contributed by atoms with Crippen LogP contribution in [0.1, 0.15) is 11.4 Å². The molecule has 0 saturated heterocycles. The van der Waals surface area contributed by atoms with Crippen LogP contribution in [-0.2, 0) is 17.2 Å². The van der Waals surface area contributed by atoms with E-state index in [0.29, 0.717) is 0 Å². The van der Waals surface area contributed by atoms with E-state index in [0.717, 1.165) is 11.4 Å². The predicted octanol–water partition coefficient (Wildman–Crippen LogP) is 1.97. The third kappa shape index (κ3) is 4.31. The van der Waals surface area contributed by atoms with Crippen LogP contribution < -0.4 is 0 Å². The van der Waals surface area contributed by atoms with E-state index in [-0.39, 0.29) is 4.90 Å². The molecule has 2 aromatic rings. The lowest BCUT2D eigenvalue weighted by atomic mass is 10.2. The molecule has 0 amide bonds. The monoisotopic (exact) mass is 268 g/mol. The van der Waals surface area contributed by atoms with E-state index in [1.54, 1.807) is 18.3 Å². The molecule has 0 aliphatic heterocycles. The zero-order chi connectivity index (χ0) is 13.8. The van der Waals surface area contributed by atoms with Crippen LogP contribution in [0, 0.1) is 13.8 Å². The average Bonchev–Trinajstić information content (AvgIpc) is 2.63. The smallest absolute Gasteiger partial charge is 0.294 e. The molecule has 0 saturated carbocycles. The topological polar surface area (TPSA) is 72.2 Å². The predicted molar refractivity (Wildman–Crippen MR) is 68.9 cm³/mol. The first-order valence-electron chi connectivity index (χ1n) is 5.29. The van der Waals surface area contributed by atoms with Crippen LogP contribution >= 0.6 is 0 Å². The van der Waals surface area contributed by atoms with Crippen LogP contribution in [-0.4, -0.2) is 22.5 Å². The molecule has 0 unspecified atom stereocenters. The van der Waals surface area contributed by atoms with Gasteiger partial charge >= 0.3 is 0 Å². The molecule has 0 spiro atoms. The molecule has 2 rings (SSSR count). The Labute approximate surface area is 107 Å². The van der Waals surface area contributed by atoms with E-state index in [1.165, 1.54) is 12.1 Å². The minimum atomic E-state index is -4.02. The molecule has 0 aliphatic carbocycles. The Bertz CT molecular complexity index is 584. The minimum absolute atomic E-state index is 0.0666. The summed E-state index contributed by atoms with van der Waals surface area (Å²) in [6.07, 6.45) is 3.71. The maximum atomic E-state index is 10.5. The van der Waals surface area contributed by atoms with Crippen molar-refractivity contribution in [1.29, 1.82) is 0 Å². The molecular weight excluding hydrogens is 252 g/mol. The molecule has 6 heteroatoms. The van der Waals surface area contributed by atoms with Crippen molar-refractivity contribution in [2.24, 2.45) is 7.05 Å². The SMILES string of the molecule is Cc1ccc(S(=O)(=O)O)cc1.Cc1nccn1C. The zero-order valence-corrected chi connectivity index (χ0v) is 11.3. The summed E-state index contributed by atoms with van der Waals surface area (Å²) >= 11 is 0. The first kappa shape index (κ1) is 14.4. The number of hydrogen-bond acceptors (Lipinski definition) is 3. The van der Waals surface area contributed by atoms with Crippen molar-refractivity contribution in [3.63, 3.8) is 0 Å². The lowest BCUT2D eigenvalue weighted by molar-refractivity contribution is 0.483. The van der Waals surface area contributed by atoms with Crippen LogP contribution in [0.4, 0.5) is 0 Å². The fourth-order valence-electron chi connectivity index (χ4n) is 1.15. The number of hydrogen-bond donors (Lipinski definition) is 1. The highest BCUT2D eigenvalue weighted by atomic mass is 32.2. The van der Waals surface area contributed by atoms with Gasteiger partial charge in [0.15, 0.2) is 0 Å². The van der Waals surface area contributed by atoms with Crippen molar-refractivity contribution >= 4 is 10.1 Å². The summed E-state index contributed by atoms with van der Waals surface area (Å²) in [6, 6.07) is 5.99. The van der Waals surface area contributed by atoms with Gasteiger partial charge in [-0.2, -0.15) is 8.42 Å². The number of benzene rings is 1. The van der Waals surface area contributed by atoms with Gasteiger partial charge in [-0.05, 0) is 26.0 Å². The molecule has 0 radical (unpaired) electrons. The van der Waals surface area contributed by atoms with Crippen LogP contribution in [0.2, 0.25) is 0 Å². The largest absolute Gasteiger partial charge is 0.338 e. The summed E-state index contributed by atoms with van der Waals surface area (Å²) in [5.74, 6) is 1.06. The van der Waals surface area contributed by atoms with Crippen LogP contribution in [0.15, 0.2) is 41.6 Å².